The van der Waals surface area contributed by atoms with E-state index in [4.69, 9.17) is 5.11 Å². The van der Waals surface area contributed by atoms with Crippen molar-refractivity contribution < 1.29 is 9.90 Å². The van der Waals surface area contributed by atoms with Gasteiger partial charge in [0.1, 0.15) is 0 Å². The fraction of sp³-hybridized carbons (Fsp3) is 0.316. The lowest BCUT2D eigenvalue weighted by Crippen LogP contribution is -2.37. The fourth-order valence-electron chi connectivity index (χ4n) is 2.44. The van der Waals surface area contributed by atoms with Gasteiger partial charge in [0.2, 0.25) is 0 Å². The van der Waals surface area contributed by atoms with Crippen LogP contribution in [0.2, 0.25) is 0 Å². The summed E-state index contributed by atoms with van der Waals surface area (Å²) in [6.45, 7) is 0.608. The molecule has 1 atom stereocenters. The third kappa shape index (κ3) is 5.91. The Morgan fingerprint density at radius 3 is 2.46 bits per heavy atom. The lowest BCUT2D eigenvalue weighted by Gasteiger charge is -2.19. The normalized spacial score (nSPS) is 11.8. The number of aliphatic hydroxyl groups excluding tert-OH is 1. The molecule has 0 saturated heterocycles. The van der Waals surface area contributed by atoms with E-state index in [-0.39, 0.29) is 18.7 Å². The average Bonchev–Trinajstić information content (AvgIpc) is 2.64. The Hall–Kier alpha value is -1.98. The number of hydrogen-bond acceptors (Lipinski definition) is 3. The molecule has 0 saturated carbocycles. The summed E-state index contributed by atoms with van der Waals surface area (Å²) >= 11 is 1.70. The zero-order chi connectivity index (χ0) is 17.2. The number of rotatable bonds is 8. The van der Waals surface area contributed by atoms with E-state index < -0.39 is 0 Å². The van der Waals surface area contributed by atoms with Gasteiger partial charge in [-0.1, -0.05) is 42.5 Å². The van der Waals surface area contributed by atoms with E-state index >= 15 is 0 Å². The Kier molecular flexibility index (Phi) is 7.65. The molecule has 5 heteroatoms. The summed E-state index contributed by atoms with van der Waals surface area (Å²) in [6, 6.07) is 17.7. The molecule has 0 bridgehead atoms. The van der Waals surface area contributed by atoms with Crippen LogP contribution in [0.4, 0.5) is 4.79 Å². The van der Waals surface area contributed by atoms with E-state index in [1.54, 1.807) is 11.8 Å². The van der Waals surface area contributed by atoms with Crippen molar-refractivity contribution in [2.75, 3.05) is 12.9 Å². The van der Waals surface area contributed by atoms with Crippen LogP contribution in [-0.4, -0.2) is 24.0 Å². The van der Waals surface area contributed by atoms with Gasteiger partial charge in [0, 0.05) is 18.0 Å². The lowest BCUT2D eigenvalue weighted by molar-refractivity contribution is 0.232. The fourth-order valence-corrected chi connectivity index (χ4v) is 2.85. The summed E-state index contributed by atoms with van der Waals surface area (Å²) in [5.41, 5.74) is 2.11. The second-order valence-electron chi connectivity index (χ2n) is 5.50. The minimum atomic E-state index is -0.198. The summed E-state index contributed by atoms with van der Waals surface area (Å²) in [7, 11) is 0. The van der Waals surface area contributed by atoms with Crippen molar-refractivity contribution in [2.24, 2.45) is 0 Å². The largest absolute Gasteiger partial charge is 0.396 e. The van der Waals surface area contributed by atoms with Crippen LogP contribution in [0.1, 0.15) is 30.0 Å². The Bertz CT molecular complexity index is 617. The van der Waals surface area contributed by atoms with Crippen molar-refractivity contribution in [3.05, 3.63) is 65.7 Å². The zero-order valence-corrected chi connectivity index (χ0v) is 14.7. The van der Waals surface area contributed by atoms with Crippen LogP contribution in [0.25, 0.3) is 0 Å². The van der Waals surface area contributed by atoms with Gasteiger partial charge in [-0.2, -0.15) is 0 Å². The van der Waals surface area contributed by atoms with Crippen LogP contribution in [0, 0.1) is 0 Å². The van der Waals surface area contributed by atoms with Gasteiger partial charge in [-0.3, -0.25) is 0 Å². The minimum absolute atomic E-state index is 0.0998. The van der Waals surface area contributed by atoms with Crippen LogP contribution in [-0.2, 0) is 6.54 Å². The molecule has 0 spiro atoms. The predicted molar refractivity (Wildman–Crippen MR) is 99.1 cm³/mol. The number of aliphatic hydroxyl groups is 1. The van der Waals surface area contributed by atoms with E-state index in [2.05, 4.69) is 10.6 Å². The first-order valence-corrected chi connectivity index (χ1v) is 9.28. The Morgan fingerprint density at radius 2 is 1.83 bits per heavy atom. The first kappa shape index (κ1) is 18.4. The van der Waals surface area contributed by atoms with Gasteiger partial charge in [-0.05, 0) is 42.4 Å². The highest BCUT2D eigenvalue weighted by Gasteiger charge is 2.13. The van der Waals surface area contributed by atoms with E-state index in [0.717, 1.165) is 11.1 Å². The quantitative estimate of drug-likeness (QED) is 0.640. The number of carbonyl (C=O) groups excluding carboxylic acids is 1. The smallest absolute Gasteiger partial charge is 0.315 e. The molecule has 1 unspecified atom stereocenters. The highest BCUT2D eigenvalue weighted by molar-refractivity contribution is 7.98. The van der Waals surface area contributed by atoms with Crippen LogP contribution in [0.15, 0.2) is 59.5 Å². The number of amides is 2. The Balaban J connectivity index is 1.89. The monoisotopic (exact) mass is 344 g/mol. The third-order valence-corrected chi connectivity index (χ3v) is 4.51. The average molecular weight is 344 g/mol. The van der Waals surface area contributed by atoms with Crippen molar-refractivity contribution >= 4 is 17.8 Å². The van der Waals surface area contributed by atoms with Crippen molar-refractivity contribution in [2.45, 2.75) is 30.3 Å². The van der Waals surface area contributed by atoms with E-state index in [1.807, 2.05) is 60.9 Å². The maximum Gasteiger partial charge on any atom is 0.315 e. The third-order valence-electron chi connectivity index (χ3n) is 3.77. The van der Waals surface area contributed by atoms with Gasteiger partial charge in [-0.15, -0.1) is 11.8 Å². The SMILES string of the molecule is CSc1ccc(CNC(=O)NC(CCCO)c2ccccc2)cc1. The standard InChI is InChI=1S/C19H24N2O2S/c1-24-17-11-9-15(10-12-17)14-20-19(23)21-18(8-5-13-22)16-6-3-2-4-7-16/h2-4,6-7,9-12,18,22H,5,8,13-14H2,1H3,(H2,20,21,23). The summed E-state index contributed by atoms with van der Waals surface area (Å²) < 4.78 is 0. The maximum absolute atomic E-state index is 12.2. The number of benzene rings is 2. The summed E-state index contributed by atoms with van der Waals surface area (Å²) in [6.07, 6.45) is 3.39. The first-order valence-electron chi connectivity index (χ1n) is 8.06. The highest BCUT2D eigenvalue weighted by Crippen LogP contribution is 2.18. The molecule has 2 aromatic rings. The zero-order valence-electron chi connectivity index (χ0n) is 13.9. The molecule has 0 aliphatic heterocycles. The van der Waals surface area contributed by atoms with Gasteiger partial charge in [0.15, 0.2) is 0 Å². The molecule has 0 heterocycles. The Labute approximate surface area is 147 Å². The molecule has 0 radical (unpaired) electrons. The molecule has 2 aromatic carbocycles. The number of hydrogen-bond donors (Lipinski definition) is 3. The van der Waals surface area contributed by atoms with Crippen LogP contribution in [0.5, 0.6) is 0 Å². The molecule has 0 fully saturated rings. The molecule has 0 aliphatic carbocycles. The Morgan fingerprint density at radius 1 is 1.12 bits per heavy atom. The second-order valence-corrected chi connectivity index (χ2v) is 6.38. The topological polar surface area (TPSA) is 61.4 Å². The van der Waals surface area contributed by atoms with Gasteiger partial charge in [0.05, 0.1) is 6.04 Å². The van der Waals surface area contributed by atoms with Crippen LogP contribution in [0.3, 0.4) is 0 Å². The second kappa shape index (κ2) is 10.0. The van der Waals surface area contributed by atoms with Gasteiger partial charge >= 0.3 is 6.03 Å². The maximum atomic E-state index is 12.2. The molecule has 0 aromatic heterocycles. The van der Waals surface area contributed by atoms with Crippen molar-refractivity contribution in [1.29, 1.82) is 0 Å². The molecule has 2 amide bonds. The summed E-state index contributed by atoms with van der Waals surface area (Å²) in [4.78, 5) is 13.4. The molecule has 0 aliphatic rings. The van der Waals surface area contributed by atoms with Crippen molar-refractivity contribution in [3.8, 4) is 0 Å². The molecule has 24 heavy (non-hydrogen) atoms. The first-order chi connectivity index (χ1) is 11.7. The molecule has 4 nitrogen and oxygen atoms in total. The van der Waals surface area contributed by atoms with E-state index in [9.17, 15) is 4.79 Å². The van der Waals surface area contributed by atoms with Crippen LogP contribution < -0.4 is 10.6 Å². The molecule has 2 rings (SSSR count). The number of thioether (sulfide) groups is 1. The van der Waals surface area contributed by atoms with Gasteiger partial charge < -0.3 is 15.7 Å². The highest BCUT2D eigenvalue weighted by atomic mass is 32.2. The number of carbonyl (C=O) groups is 1. The van der Waals surface area contributed by atoms with Crippen molar-refractivity contribution in [1.82, 2.24) is 10.6 Å². The summed E-state index contributed by atoms with van der Waals surface area (Å²) in [5.74, 6) is 0. The van der Waals surface area contributed by atoms with Gasteiger partial charge in [-0.25, -0.2) is 4.79 Å². The molecular weight excluding hydrogens is 320 g/mol. The number of nitrogens with one attached hydrogen (secondary N) is 2. The predicted octanol–water partition coefficient (Wildman–Crippen LogP) is 3.72. The number of urea groups is 1. The summed E-state index contributed by atoms with van der Waals surface area (Å²) in [5, 5.41) is 15.0. The van der Waals surface area contributed by atoms with E-state index in [1.165, 1.54) is 4.90 Å². The lowest BCUT2D eigenvalue weighted by atomic mass is 10.0. The molecular formula is C19H24N2O2S. The van der Waals surface area contributed by atoms with Crippen molar-refractivity contribution in [3.63, 3.8) is 0 Å². The van der Waals surface area contributed by atoms with Gasteiger partial charge in [0.25, 0.3) is 0 Å². The minimum Gasteiger partial charge on any atom is -0.396 e. The van der Waals surface area contributed by atoms with Crippen LogP contribution >= 0.6 is 11.8 Å². The van der Waals surface area contributed by atoms with E-state index in [0.29, 0.717) is 19.4 Å². The molecule has 128 valence electrons. The molecule has 3 N–H and O–H groups in total.